The molecule has 0 rings (SSSR count). The molecule has 4 nitrogen and oxygen atoms in total. The predicted molar refractivity (Wildman–Crippen MR) is 60.2 cm³/mol. The van der Waals surface area contributed by atoms with Gasteiger partial charge in [-0.15, -0.1) is 0 Å². The maximum atomic E-state index is 11.3. The Hall–Kier alpha value is -1.45. The third-order valence-electron chi connectivity index (χ3n) is 1.56. The molecule has 14 heavy (non-hydrogen) atoms. The highest BCUT2D eigenvalue weighted by Gasteiger charge is 2.02. The lowest BCUT2D eigenvalue weighted by atomic mass is 10.2. The van der Waals surface area contributed by atoms with Crippen LogP contribution in [0.15, 0.2) is 22.1 Å². The van der Waals surface area contributed by atoms with Gasteiger partial charge >= 0.3 is 0 Å². The van der Waals surface area contributed by atoms with Crippen molar-refractivity contribution in [2.24, 2.45) is 9.98 Å². The Labute approximate surface area is 84.8 Å². The van der Waals surface area contributed by atoms with Crippen LogP contribution in [-0.2, 0) is 4.79 Å². The van der Waals surface area contributed by atoms with Gasteiger partial charge in [-0.1, -0.05) is 12.2 Å². The molecule has 0 aliphatic rings. The van der Waals surface area contributed by atoms with E-state index < -0.39 is 0 Å². The number of amides is 1. The van der Waals surface area contributed by atoms with E-state index in [0.717, 1.165) is 0 Å². The van der Waals surface area contributed by atoms with Gasteiger partial charge in [0, 0.05) is 26.9 Å². The number of nitrogens with zero attached hydrogens (tertiary/aromatic N) is 2. The van der Waals surface area contributed by atoms with Gasteiger partial charge in [0.2, 0.25) is 5.91 Å². The van der Waals surface area contributed by atoms with E-state index in [2.05, 4.69) is 15.3 Å². The number of hydrogen-bond acceptors (Lipinski definition) is 3. The fourth-order valence-corrected chi connectivity index (χ4v) is 0.849. The van der Waals surface area contributed by atoms with E-state index in [-0.39, 0.29) is 12.3 Å². The highest BCUT2D eigenvalue weighted by Crippen LogP contribution is 1.84. The van der Waals surface area contributed by atoms with E-state index in [1.807, 2.05) is 19.1 Å². The summed E-state index contributed by atoms with van der Waals surface area (Å²) in [4.78, 5) is 19.0. The SMILES string of the molecule is C/C=C/CNC(=O)CC(C=NC)=NC. The second-order valence-electron chi connectivity index (χ2n) is 2.65. The molecule has 0 aromatic carbocycles. The van der Waals surface area contributed by atoms with Crippen LogP contribution in [0.4, 0.5) is 0 Å². The monoisotopic (exact) mass is 195 g/mol. The summed E-state index contributed by atoms with van der Waals surface area (Å²) in [7, 11) is 3.30. The summed E-state index contributed by atoms with van der Waals surface area (Å²) in [6.45, 7) is 2.48. The average molecular weight is 195 g/mol. The number of carbonyl (C=O) groups is 1. The van der Waals surface area contributed by atoms with Crippen molar-refractivity contribution in [3.05, 3.63) is 12.2 Å². The van der Waals surface area contributed by atoms with Crippen LogP contribution < -0.4 is 5.32 Å². The van der Waals surface area contributed by atoms with Gasteiger partial charge in [-0.05, 0) is 6.92 Å². The molecular formula is C10H17N3O. The molecule has 0 aromatic rings. The first-order chi connectivity index (χ1) is 6.74. The van der Waals surface area contributed by atoms with Gasteiger partial charge in [0.1, 0.15) is 0 Å². The molecule has 0 heterocycles. The Morgan fingerprint density at radius 1 is 1.43 bits per heavy atom. The molecule has 0 atom stereocenters. The highest BCUT2D eigenvalue weighted by atomic mass is 16.1. The summed E-state index contributed by atoms with van der Waals surface area (Å²) in [5, 5.41) is 2.74. The van der Waals surface area contributed by atoms with Gasteiger partial charge in [-0.25, -0.2) is 0 Å². The Bertz CT molecular complexity index is 254. The average Bonchev–Trinajstić information content (AvgIpc) is 2.17. The van der Waals surface area contributed by atoms with Crippen molar-refractivity contribution < 1.29 is 4.79 Å². The lowest BCUT2D eigenvalue weighted by Gasteiger charge is -2.01. The zero-order valence-electron chi connectivity index (χ0n) is 8.95. The fourth-order valence-electron chi connectivity index (χ4n) is 0.849. The topological polar surface area (TPSA) is 53.8 Å². The van der Waals surface area contributed by atoms with Crippen LogP contribution >= 0.6 is 0 Å². The zero-order chi connectivity index (χ0) is 10.8. The quantitative estimate of drug-likeness (QED) is 0.513. The van der Waals surface area contributed by atoms with Gasteiger partial charge in [-0.3, -0.25) is 14.8 Å². The third-order valence-corrected chi connectivity index (χ3v) is 1.56. The minimum absolute atomic E-state index is 0.0383. The molecule has 4 heteroatoms. The molecule has 0 bridgehead atoms. The van der Waals surface area contributed by atoms with Crippen LogP contribution in [0.25, 0.3) is 0 Å². The number of nitrogens with one attached hydrogen (secondary N) is 1. The minimum atomic E-state index is -0.0383. The van der Waals surface area contributed by atoms with Crippen LogP contribution in [0.5, 0.6) is 0 Å². The van der Waals surface area contributed by atoms with Crippen molar-refractivity contribution >= 4 is 17.8 Å². The molecule has 0 aliphatic carbocycles. The van der Waals surface area contributed by atoms with E-state index in [0.29, 0.717) is 12.3 Å². The maximum Gasteiger partial charge on any atom is 0.226 e. The summed E-state index contributed by atoms with van der Waals surface area (Å²) in [5.41, 5.74) is 0.686. The smallest absolute Gasteiger partial charge is 0.226 e. The second kappa shape index (κ2) is 8.16. The Morgan fingerprint density at radius 3 is 2.64 bits per heavy atom. The molecule has 0 unspecified atom stereocenters. The van der Waals surface area contributed by atoms with E-state index in [1.54, 1.807) is 20.3 Å². The summed E-state index contributed by atoms with van der Waals surface area (Å²) in [6, 6.07) is 0. The van der Waals surface area contributed by atoms with E-state index >= 15 is 0 Å². The molecule has 0 spiro atoms. The van der Waals surface area contributed by atoms with Gasteiger partial charge in [0.25, 0.3) is 0 Å². The first kappa shape index (κ1) is 12.6. The molecule has 0 aliphatic heterocycles. The van der Waals surface area contributed by atoms with Gasteiger partial charge in [0.15, 0.2) is 0 Å². The van der Waals surface area contributed by atoms with Crippen molar-refractivity contribution in [1.29, 1.82) is 0 Å². The normalized spacial score (nSPS) is 12.6. The number of aliphatic imine (C=N–C) groups is 2. The zero-order valence-corrected chi connectivity index (χ0v) is 8.95. The second-order valence-corrected chi connectivity index (χ2v) is 2.65. The summed E-state index contributed by atoms with van der Waals surface area (Å²) >= 11 is 0. The van der Waals surface area contributed by atoms with Crippen LogP contribution in [0.3, 0.4) is 0 Å². The molecule has 0 saturated carbocycles. The fraction of sp³-hybridized carbons (Fsp3) is 0.500. The van der Waals surface area contributed by atoms with E-state index in [9.17, 15) is 4.79 Å². The largest absolute Gasteiger partial charge is 0.352 e. The molecule has 1 N–H and O–H groups in total. The lowest BCUT2D eigenvalue weighted by molar-refractivity contribution is -0.119. The van der Waals surface area contributed by atoms with Gasteiger partial charge < -0.3 is 5.32 Å². The van der Waals surface area contributed by atoms with Crippen LogP contribution in [-0.4, -0.2) is 38.5 Å². The Morgan fingerprint density at radius 2 is 2.14 bits per heavy atom. The highest BCUT2D eigenvalue weighted by molar-refractivity contribution is 6.34. The molecule has 0 radical (unpaired) electrons. The number of carbonyl (C=O) groups excluding carboxylic acids is 1. The molecule has 0 aromatic heterocycles. The maximum absolute atomic E-state index is 11.3. The number of hydrogen-bond donors (Lipinski definition) is 1. The van der Waals surface area contributed by atoms with Crippen LogP contribution in [0.2, 0.25) is 0 Å². The third kappa shape index (κ3) is 6.11. The van der Waals surface area contributed by atoms with Crippen molar-refractivity contribution in [2.45, 2.75) is 13.3 Å². The molecule has 78 valence electrons. The number of allylic oxidation sites excluding steroid dienone is 1. The molecular weight excluding hydrogens is 178 g/mol. The first-order valence-corrected chi connectivity index (χ1v) is 4.50. The van der Waals surface area contributed by atoms with Crippen molar-refractivity contribution in [3.63, 3.8) is 0 Å². The molecule has 1 amide bonds. The van der Waals surface area contributed by atoms with Crippen molar-refractivity contribution in [1.82, 2.24) is 5.32 Å². The van der Waals surface area contributed by atoms with Crippen molar-refractivity contribution in [2.75, 3.05) is 20.6 Å². The van der Waals surface area contributed by atoms with Gasteiger partial charge in [0.05, 0.1) is 12.1 Å². The minimum Gasteiger partial charge on any atom is -0.352 e. The van der Waals surface area contributed by atoms with Crippen LogP contribution in [0.1, 0.15) is 13.3 Å². The van der Waals surface area contributed by atoms with E-state index in [4.69, 9.17) is 0 Å². The summed E-state index contributed by atoms with van der Waals surface area (Å²) in [5.74, 6) is -0.0383. The predicted octanol–water partition coefficient (Wildman–Crippen LogP) is 0.840. The Kier molecular flexibility index (Phi) is 7.32. The van der Waals surface area contributed by atoms with E-state index in [1.165, 1.54) is 0 Å². The standard InChI is InChI=1S/C10H17N3O/c1-4-5-6-13-10(14)7-9(12-3)8-11-2/h4-5,8H,6-7H2,1-3H3,(H,13,14)/b5-4+,11-8?,12-9?. The Balaban J connectivity index is 3.92. The number of rotatable bonds is 5. The summed E-state index contributed by atoms with van der Waals surface area (Å²) < 4.78 is 0. The van der Waals surface area contributed by atoms with Gasteiger partial charge in [-0.2, -0.15) is 0 Å². The molecule has 0 saturated heterocycles. The van der Waals surface area contributed by atoms with Crippen LogP contribution in [0, 0.1) is 0 Å². The lowest BCUT2D eigenvalue weighted by Crippen LogP contribution is -2.26. The van der Waals surface area contributed by atoms with Crippen molar-refractivity contribution in [3.8, 4) is 0 Å². The first-order valence-electron chi connectivity index (χ1n) is 4.50. The molecule has 0 fully saturated rings. The summed E-state index contributed by atoms with van der Waals surface area (Å²) in [6.07, 6.45) is 5.65.